The first kappa shape index (κ1) is 7.23. The Hall–Kier alpha value is 0.227. The van der Waals surface area contributed by atoms with Gasteiger partial charge in [0.2, 0.25) is 0 Å². The van der Waals surface area contributed by atoms with Crippen molar-refractivity contribution >= 4 is 30.9 Å². The molecule has 0 saturated carbocycles. The second kappa shape index (κ2) is 4.39. The van der Waals surface area contributed by atoms with Crippen LogP contribution in [0.2, 0.25) is 0 Å². The molecule has 0 atom stereocenters. The van der Waals surface area contributed by atoms with Gasteiger partial charge >= 0.3 is 0 Å². The summed E-state index contributed by atoms with van der Waals surface area (Å²) in [5, 5.41) is 1.88. The first-order valence-electron chi connectivity index (χ1n) is 1.64. The molecule has 0 aliphatic carbocycles. The van der Waals surface area contributed by atoms with Crippen molar-refractivity contribution in [2.45, 2.75) is 0 Å². The van der Waals surface area contributed by atoms with Crippen molar-refractivity contribution in [2.24, 2.45) is 0 Å². The molecule has 0 saturated heterocycles. The van der Waals surface area contributed by atoms with Crippen molar-refractivity contribution < 1.29 is 4.18 Å². The van der Waals surface area contributed by atoms with E-state index in [-0.39, 0.29) is 18.9 Å². The summed E-state index contributed by atoms with van der Waals surface area (Å²) in [6.07, 6.45) is 5.41. The van der Waals surface area contributed by atoms with E-state index in [1.807, 2.05) is 17.6 Å². The third-order valence-corrected chi connectivity index (χ3v) is 0.925. The summed E-state index contributed by atoms with van der Waals surface area (Å²) in [4.78, 5) is 0. The Morgan fingerprint density at radius 2 is 2.14 bits per heavy atom. The van der Waals surface area contributed by atoms with Gasteiger partial charge in [0.05, 0.1) is 12.0 Å². The van der Waals surface area contributed by atoms with Crippen LogP contribution in [0.1, 0.15) is 0 Å². The van der Waals surface area contributed by atoms with Crippen molar-refractivity contribution in [1.82, 2.24) is 0 Å². The van der Waals surface area contributed by atoms with Crippen molar-refractivity contribution in [3.8, 4) is 0 Å². The molecule has 0 aromatic heterocycles. The van der Waals surface area contributed by atoms with Gasteiger partial charge in [-0.25, -0.2) is 0 Å². The minimum atomic E-state index is 0. The SMILES string of the molecule is C1=COSC=C1.[Li]. The van der Waals surface area contributed by atoms with Crippen LogP contribution in [0.15, 0.2) is 23.8 Å². The Kier molecular flexibility index (Phi) is 4.53. The first-order chi connectivity index (χ1) is 3.00. The zero-order valence-corrected chi connectivity index (χ0v) is 4.94. The Balaban J connectivity index is 0.000000360. The minimum Gasteiger partial charge on any atom is -0.429 e. The molecular formula is C4H4LiOS. The van der Waals surface area contributed by atoms with Crippen LogP contribution in [0, 0.1) is 0 Å². The Morgan fingerprint density at radius 3 is 2.29 bits per heavy atom. The monoisotopic (exact) mass is 107 g/mol. The van der Waals surface area contributed by atoms with E-state index >= 15 is 0 Å². The van der Waals surface area contributed by atoms with Crippen LogP contribution in [0.3, 0.4) is 0 Å². The average molecular weight is 107 g/mol. The summed E-state index contributed by atoms with van der Waals surface area (Å²) >= 11 is 1.33. The van der Waals surface area contributed by atoms with Gasteiger partial charge in [-0.15, -0.1) is 0 Å². The molecule has 0 amide bonds. The van der Waals surface area contributed by atoms with E-state index in [4.69, 9.17) is 4.18 Å². The summed E-state index contributed by atoms with van der Waals surface area (Å²) in [7, 11) is 0. The quantitative estimate of drug-likeness (QED) is 0.341. The van der Waals surface area contributed by atoms with E-state index in [1.54, 1.807) is 6.26 Å². The summed E-state index contributed by atoms with van der Waals surface area (Å²) in [6.45, 7) is 0. The molecule has 0 N–H and O–H groups in total. The molecule has 7 heavy (non-hydrogen) atoms. The molecule has 0 bridgehead atoms. The fourth-order valence-electron chi connectivity index (χ4n) is 0.219. The van der Waals surface area contributed by atoms with Gasteiger partial charge in [-0.3, -0.25) is 0 Å². The molecular weight excluding hydrogens is 103 g/mol. The van der Waals surface area contributed by atoms with Crippen molar-refractivity contribution in [3.63, 3.8) is 0 Å². The molecule has 0 aromatic carbocycles. The van der Waals surface area contributed by atoms with Crippen molar-refractivity contribution in [2.75, 3.05) is 0 Å². The number of rotatable bonds is 0. The van der Waals surface area contributed by atoms with Gasteiger partial charge in [-0.2, -0.15) is 0 Å². The fraction of sp³-hybridized carbons (Fsp3) is 0. The van der Waals surface area contributed by atoms with Gasteiger partial charge in [0, 0.05) is 24.3 Å². The number of hydrogen-bond donors (Lipinski definition) is 0. The Labute approximate surface area is 59.2 Å². The Morgan fingerprint density at radius 1 is 1.29 bits per heavy atom. The summed E-state index contributed by atoms with van der Waals surface area (Å²) < 4.78 is 4.72. The van der Waals surface area contributed by atoms with Crippen LogP contribution in [0.4, 0.5) is 0 Å². The van der Waals surface area contributed by atoms with Crippen molar-refractivity contribution in [3.05, 3.63) is 23.8 Å². The maximum absolute atomic E-state index is 4.72. The zero-order valence-electron chi connectivity index (χ0n) is 4.13. The van der Waals surface area contributed by atoms with Crippen LogP contribution >= 0.6 is 12.0 Å². The van der Waals surface area contributed by atoms with Crippen LogP contribution < -0.4 is 0 Å². The van der Waals surface area contributed by atoms with Gasteiger partial charge in [0.15, 0.2) is 0 Å². The summed E-state index contributed by atoms with van der Waals surface area (Å²) in [5.41, 5.74) is 0. The molecule has 1 aliphatic heterocycles. The first-order valence-corrected chi connectivity index (χ1v) is 2.44. The van der Waals surface area contributed by atoms with Crippen LogP contribution in [-0.4, -0.2) is 18.9 Å². The van der Waals surface area contributed by atoms with E-state index in [2.05, 4.69) is 0 Å². The van der Waals surface area contributed by atoms with E-state index < -0.39 is 0 Å². The molecule has 1 nitrogen and oxygen atoms in total. The summed E-state index contributed by atoms with van der Waals surface area (Å²) in [6, 6.07) is 0. The second-order valence-corrected chi connectivity index (χ2v) is 1.51. The molecule has 1 heterocycles. The topological polar surface area (TPSA) is 9.23 Å². The van der Waals surface area contributed by atoms with Crippen LogP contribution in [0.5, 0.6) is 0 Å². The third-order valence-electron chi connectivity index (χ3n) is 0.435. The molecule has 33 valence electrons. The molecule has 0 spiro atoms. The predicted molar refractivity (Wildman–Crippen MR) is 32.7 cm³/mol. The molecule has 1 radical (unpaired) electrons. The fourth-order valence-corrected chi connectivity index (χ4v) is 0.566. The molecule has 3 heteroatoms. The van der Waals surface area contributed by atoms with E-state index in [9.17, 15) is 0 Å². The summed E-state index contributed by atoms with van der Waals surface area (Å²) in [5.74, 6) is 0. The third kappa shape index (κ3) is 2.87. The number of hydrogen-bond acceptors (Lipinski definition) is 2. The van der Waals surface area contributed by atoms with Crippen LogP contribution in [0.25, 0.3) is 0 Å². The van der Waals surface area contributed by atoms with Crippen LogP contribution in [-0.2, 0) is 4.18 Å². The predicted octanol–water partition coefficient (Wildman–Crippen LogP) is 1.31. The van der Waals surface area contributed by atoms with E-state index in [0.717, 1.165) is 0 Å². The normalized spacial score (nSPS) is 14.9. The van der Waals surface area contributed by atoms with Gasteiger partial charge < -0.3 is 4.18 Å². The van der Waals surface area contributed by atoms with Gasteiger partial charge in [0.25, 0.3) is 0 Å². The molecule has 1 rings (SSSR count). The molecule has 0 fully saturated rings. The largest absolute Gasteiger partial charge is 0.429 e. The van der Waals surface area contributed by atoms with Gasteiger partial charge in [-0.1, -0.05) is 0 Å². The molecule has 0 aromatic rings. The van der Waals surface area contributed by atoms with E-state index in [1.165, 1.54) is 12.0 Å². The van der Waals surface area contributed by atoms with E-state index in [0.29, 0.717) is 0 Å². The van der Waals surface area contributed by atoms with Crippen molar-refractivity contribution in [1.29, 1.82) is 0 Å². The van der Waals surface area contributed by atoms with Gasteiger partial charge in [-0.05, 0) is 12.2 Å². The maximum Gasteiger partial charge on any atom is 0.101 e. The molecule has 1 aliphatic rings. The minimum absolute atomic E-state index is 0. The average Bonchev–Trinajstić information content (AvgIpc) is 1.72. The van der Waals surface area contributed by atoms with Gasteiger partial charge in [0.1, 0.15) is 6.26 Å². The zero-order chi connectivity index (χ0) is 4.24. The standard InChI is InChI=1S/C4H4OS.Li/c1-2-4-6-5-3-1;/h1-4H;. The molecule has 0 unspecified atom stereocenters. The smallest absolute Gasteiger partial charge is 0.101 e. The second-order valence-electron chi connectivity index (χ2n) is 0.850. The Bertz CT molecular complexity index is 77.7. The number of allylic oxidation sites excluding steroid dienone is 2. The maximum atomic E-state index is 4.72.